The molecular weight excluding hydrogens is 469 g/mol. The van der Waals surface area contributed by atoms with Gasteiger partial charge in [0.15, 0.2) is 0 Å². The van der Waals surface area contributed by atoms with Gasteiger partial charge in [0, 0.05) is 52.2 Å². The van der Waals surface area contributed by atoms with Crippen LogP contribution in [-0.4, -0.2) is 66.3 Å². The number of likely N-dealkylation sites (N-methyl/N-ethyl adjacent to an activating group) is 1. The van der Waals surface area contributed by atoms with E-state index >= 15 is 0 Å². The van der Waals surface area contributed by atoms with Crippen LogP contribution in [-0.2, 0) is 0 Å². The number of nitrogens with one attached hydrogen (secondary N) is 1. The summed E-state index contributed by atoms with van der Waals surface area (Å²) in [6.07, 6.45) is 4.72. The van der Waals surface area contributed by atoms with E-state index in [-0.39, 0.29) is 0 Å². The highest BCUT2D eigenvalue weighted by atomic mass is 35.5. The number of anilines is 1. The third-order valence-electron chi connectivity index (χ3n) is 7.61. The second-order valence-corrected chi connectivity index (χ2v) is 10.5. The van der Waals surface area contributed by atoms with Crippen molar-refractivity contribution in [2.45, 2.75) is 43.8 Å². The zero-order chi connectivity index (χ0) is 23.2. The van der Waals surface area contributed by atoms with Crippen molar-refractivity contribution in [1.82, 2.24) is 20.2 Å². The highest BCUT2D eigenvalue weighted by molar-refractivity contribution is 6.39. The number of piperazine rings is 1. The van der Waals surface area contributed by atoms with Gasteiger partial charge in [-0.05, 0) is 69.1 Å². The summed E-state index contributed by atoms with van der Waals surface area (Å²) in [5.74, 6) is 0.977. The van der Waals surface area contributed by atoms with Gasteiger partial charge in [-0.1, -0.05) is 35.3 Å². The molecule has 0 saturated carbocycles. The fraction of sp³-hybridized carbons (Fsp3) is 0.462. The number of nitrogens with zero attached hydrogens (tertiary/aromatic N) is 4. The van der Waals surface area contributed by atoms with E-state index in [0.29, 0.717) is 40.8 Å². The maximum atomic E-state index is 6.52. The van der Waals surface area contributed by atoms with Crippen molar-refractivity contribution < 1.29 is 4.74 Å². The quantitative estimate of drug-likeness (QED) is 0.534. The largest absolute Gasteiger partial charge is 0.462 e. The van der Waals surface area contributed by atoms with Gasteiger partial charge in [-0.3, -0.25) is 0 Å². The Labute approximate surface area is 210 Å². The summed E-state index contributed by atoms with van der Waals surface area (Å²) in [5, 5.41) is 5.86. The number of benzene rings is 2. The van der Waals surface area contributed by atoms with Gasteiger partial charge in [0.25, 0.3) is 0 Å². The minimum absolute atomic E-state index is 0.409. The first-order valence-electron chi connectivity index (χ1n) is 12.2. The number of hydrogen-bond acceptors (Lipinski definition) is 6. The Hall–Kier alpha value is -2.12. The molecule has 4 heterocycles. The van der Waals surface area contributed by atoms with E-state index < -0.39 is 0 Å². The first-order valence-corrected chi connectivity index (χ1v) is 12.9. The SMILES string of the molecule is CN1CCC[C@H]1COc1nc(N2[C@@H]3CC[C@H]2CNC3)c2ccc(-c3c(Cl)cccc3Cl)cc2n1. The van der Waals surface area contributed by atoms with Crippen molar-refractivity contribution in [1.29, 1.82) is 0 Å². The Kier molecular flexibility index (Phi) is 6.02. The highest BCUT2D eigenvalue weighted by Gasteiger charge is 2.38. The molecule has 3 atom stereocenters. The number of halogens is 2. The number of fused-ring (bicyclic) bond motifs is 3. The van der Waals surface area contributed by atoms with Crippen molar-refractivity contribution in [2.75, 3.05) is 38.2 Å². The molecule has 178 valence electrons. The van der Waals surface area contributed by atoms with Gasteiger partial charge in [0.05, 0.1) is 5.52 Å². The summed E-state index contributed by atoms with van der Waals surface area (Å²) in [6, 6.07) is 13.6. The molecule has 34 heavy (non-hydrogen) atoms. The van der Waals surface area contributed by atoms with Crippen LogP contribution in [0.25, 0.3) is 22.0 Å². The van der Waals surface area contributed by atoms with Gasteiger partial charge in [-0.25, -0.2) is 0 Å². The number of hydrogen-bond donors (Lipinski definition) is 1. The van der Waals surface area contributed by atoms with Crippen LogP contribution in [0.5, 0.6) is 6.01 Å². The smallest absolute Gasteiger partial charge is 0.319 e. The molecule has 1 aromatic heterocycles. The summed E-state index contributed by atoms with van der Waals surface area (Å²) in [7, 11) is 2.16. The first-order chi connectivity index (χ1) is 16.6. The zero-order valence-corrected chi connectivity index (χ0v) is 20.8. The Bertz CT molecular complexity index is 1190. The van der Waals surface area contributed by atoms with E-state index in [0.717, 1.165) is 53.9 Å². The molecule has 3 saturated heterocycles. The lowest BCUT2D eigenvalue weighted by molar-refractivity contribution is 0.188. The van der Waals surface area contributed by atoms with Crippen molar-refractivity contribution >= 4 is 39.9 Å². The second-order valence-electron chi connectivity index (χ2n) is 9.70. The van der Waals surface area contributed by atoms with Crippen LogP contribution >= 0.6 is 23.2 Å². The molecule has 0 aliphatic carbocycles. The van der Waals surface area contributed by atoms with Crippen molar-refractivity contribution in [3.05, 3.63) is 46.4 Å². The predicted molar refractivity (Wildman–Crippen MR) is 138 cm³/mol. The van der Waals surface area contributed by atoms with Crippen LogP contribution < -0.4 is 15.0 Å². The number of likely N-dealkylation sites (tertiary alicyclic amines) is 1. The molecule has 3 fully saturated rings. The number of rotatable bonds is 5. The van der Waals surface area contributed by atoms with E-state index in [9.17, 15) is 0 Å². The van der Waals surface area contributed by atoms with Crippen LogP contribution in [0.4, 0.5) is 5.82 Å². The summed E-state index contributed by atoms with van der Waals surface area (Å²) in [6.45, 7) is 3.69. The number of aromatic nitrogens is 2. The molecular formula is C26H29Cl2N5O. The predicted octanol–water partition coefficient (Wildman–Crippen LogP) is 5.02. The molecule has 3 aromatic rings. The van der Waals surface area contributed by atoms with Gasteiger partial charge in [0.1, 0.15) is 12.4 Å². The lowest BCUT2D eigenvalue weighted by atomic mass is 10.0. The summed E-state index contributed by atoms with van der Waals surface area (Å²) in [5.41, 5.74) is 2.62. The normalized spacial score (nSPS) is 24.8. The second kappa shape index (κ2) is 9.15. The van der Waals surface area contributed by atoms with Crippen LogP contribution in [0, 0.1) is 0 Å². The fourth-order valence-electron chi connectivity index (χ4n) is 5.77. The third-order valence-corrected chi connectivity index (χ3v) is 8.24. The van der Waals surface area contributed by atoms with Crippen LogP contribution in [0.2, 0.25) is 10.0 Å². The molecule has 2 aromatic carbocycles. The van der Waals surface area contributed by atoms with Crippen LogP contribution in [0.15, 0.2) is 36.4 Å². The summed E-state index contributed by atoms with van der Waals surface area (Å²) >= 11 is 13.0. The molecule has 0 unspecified atom stereocenters. The van der Waals surface area contributed by atoms with Crippen LogP contribution in [0.3, 0.4) is 0 Å². The molecule has 3 aliphatic rings. The summed E-state index contributed by atoms with van der Waals surface area (Å²) < 4.78 is 6.23. The monoisotopic (exact) mass is 497 g/mol. The fourth-order valence-corrected chi connectivity index (χ4v) is 6.38. The maximum absolute atomic E-state index is 6.52. The lowest BCUT2D eigenvalue weighted by Gasteiger charge is -2.37. The van der Waals surface area contributed by atoms with Crippen LogP contribution in [0.1, 0.15) is 25.7 Å². The van der Waals surface area contributed by atoms with Crippen molar-refractivity contribution in [3.63, 3.8) is 0 Å². The number of ether oxygens (including phenoxy) is 1. The molecule has 0 spiro atoms. The molecule has 6 rings (SSSR count). The molecule has 6 nitrogen and oxygen atoms in total. The van der Waals surface area contributed by atoms with Crippen molar-refractivity contribution in [2.24, 2.45) is 0 Å². The molecule has 8 heteroatoms. The maximum Gasteiger partial charge on any atom is 0.319 e. The topological polar surface area (TPSA) is 53.5 Å². The van der Waals surface area contributed by atoms with E-state index in [4.69, 9.17) is 37.9 Å². The average molecular weight is 498 g/mol. The minimum atomic E-state index is 0.409. The Balaban J connectivity index is 1.43. The molecule has 1 N–H and O–H groups in total. The van der Waals surface area contributed by atoms with Gasteiger partial charge in [0.2, 0.25) is 0 Å². The van der Waals surface area contributed by atoms with Gasteiger partial charge < -0.3 is 19.9 Å². The lowest BCUT2D eigenvalue weighted by Crippen LogP contribution is -2.52. The van der Waals surface area contributed by atoms with Gasteiger partial charge in [-0.2, -0.15) is 9.97 Å². The Morgan fingerprint density at radius 3 is 2.50 bits per heavy atom. The van der Waals surface area contributed by atoms with E-state index in [1.807, 2.05) is 18.2 Å². The molecule has 3 aliphatic heterocycles. The first kappa shape index (κ1) is 22.4. The Morgan fingerprint density at radius 2 is 1.79 bits per heavy atom. The van der Waals surface area contributed by atoms with Gasteiger partial charge in [-0.15, -0.1) is 0 Å². The minimum Gasteiger partial charge on any atom is -0.462 e. The standard InChI is InChI=1S/C26H29Cl2N5O/c1-32-11-3-4-19(32)15-34-26-30-23-12-16(24-21(27)5-2-6-22(24)28)7-10-20(23)25(31-26)33-17-8-9-18(33)14-29-13-17/h2,5-7,10,12,17-19,29H,3-4,8-9,11,13-15H2,1H3/t17-,18+,19-/m0/s1. The molecule has 0 radical (unpaired) electrons. The third kappa shape index (κ3) is 4.01. The Morgan fingerprint density at radius 1 is 1.03 bits per heavy atom. The molecule has 2 bridgehead atoms. The molecule has 0 amide bonds. The van der Waals surface area contributed by atoms with E-state index in [1.54, 1.807) is 0 Å². The van der Waals surface area contributed by atoms with E-state index in [2.05, 4.69) is 40.4 Å². The van der Waals surface area contributed by atoms with Crippen molar-refractivity contribution in [3.8, 4) is 17.1 Å². The van der Waals surface area contributed by atoms with Gasteiger partial charge >= 0.3 is 6.01 Å². The highest BCUT2D eigenvalue weighted by Crippen LogP contribution is 2.40. The average Bonchev–Trinajstić information content (AvgIpc) is 3.35. The zero-order valence-electron chi connectivity index (χ0n) is 19.3. The summed E-state index contributed by atoms with van der Waals surface area (Å²) in [4.78, 5) is 14.7. The van der Waals surface area contributed by atoms with E-state index in [1.165, 1.54) is 19.3 Å².